The molecule has 0 aliphatic carbocycles. The van der Waals surface area contributed by atoms with Gasteiger partial charge in [-0.2, -0.15) is 10.3 Å². The molecule has 0 amide bonds. The third kappa shape index (κ3) is 25.6. The van der Waals surface area contributed by atoms with Crippen molar-refractivity contribution in [3.05, 3.63) is 0 Å². The van der Waals surface area contributed by atoms with E-state index >= 15 is 0 Å². The van der Waals surface area contributed by atoms with E-state index in [1.165, 1.54) is 6.19 Å². The molecule has 0 rings (SSSR count). The van der Waals surface area contributed by atoms with Gasteiger partial charge in [0.05, 0.1) is 0 Å². The number of hydrogen-bond acceptors (Lipinski definition) is 3. The number of terminal acetylenes is 1. The number of hydrogen-bond donors (Lipinski definition) is 4. The van der Waals surface area contributed by atoms with E-state index < -0.39 is 0 Å². The molecular weight excluding hydrogens is 158 g/mol. The van der Waals surface area contributed by atoms with E-state index in [1.807, 2.05) is 6.04 Å². The summed E-state index contributed by atoms with van der Waals surface area (Å²) in [6.07, 6.45) is 6.04. The lowest BCUT2D eigenvalue weighted by Gasteiger charge is -1.76. The quantitative estimate of drug-likeness (QED) is 0.137. The zero-order valence-electron chi connectivity index (χ0n) is 6.23. The maximum Gasteiger partial charge on any atom is 0.209 e. The van der Waals surface area contributed by atoms with Crippen LogP contribution in [0.1, 0.15) is 0 Å². The van der Waals surface area contributed by atoms with Crippen LogP contribution < -0.4 is 22.9 Å². The lowest BCUT2D eigenvalue weighted by molar-refractivity contribution is 1.39. The van der Waals surface area contributed by atoms with E-state index in [9.17, 15) is 0 Å². The summed E-state index contributed by atoms with van der Waals surface area (Å²) in [5.74, 6) is -0.269. The highest BCUT2D eigenvalue weighted by Crippen LogP contribution is 1.50. The molecule has 7 heteroatoms. The fourth-order valence-corrected chi connectivity index (χ4v) is 0.132. The predicted molar refractivity (Wildman–Crippen MR) is 46.1 cm³/mol. The fourth-order valence-electron chi connectivity index (χ4n) is 0.132. The van der Waals surface area contributed by atoms with Gasteiger partial charge < -0.3 is 22.9 Å². The van der Waals surface area contributed by atoms with Crippen LogP contribution in [0, 0.1) is 23.9 Å². The summed E-state index contributed by atoms with van der Waals surface area (Å²) in [5.41, 5.74) is 19.0. The fraction of sp³-hybridized carbons (Fsp3) is 0. The minimum absolute atomic E-state index is 0.0718. The zero-order chi connectivity index (χ0) is 9.98. The van der Waals surface area contributed by atoms with E-state index in [0.717, 1.165) is 0 Å². The van der Waals surface area contributed by atoms with Crippen LogP contribution >= 0.6 is 0 Å². The normalized spacial score (nSPS) is 5.83. The van der Waals surface area contributed by atoms with Gasteiger partial charge in [-0.15, -0.1) is 4.99 Å². The van der Waals surface area contributed by atoms with Gasteiger partial charge in [-0.3, -0.25) is 0 Å². The van der Waals surface area contributed by atoms with E-state index in [4.69, 9.17) is 28.2 Å². The molecule has 7 nitrogen and oxygen atoms in total. The minimum atomic E-state index is -0.197. The van der Waals surface area contributed by atoms with Gasteiger partial charge in [0.2, 0.25) is 12.2 Å². The molecule has 0 unspecified atom stereocenters. The number of rotatable bonds is 0. The summed E-state index contributed by atoms with van der Waals surface area (Å²) in [6.45, 7) is 0. The minimum Gasteiger partial charge on any atom is -0.369 e. The van der Waals surface area contributed by atoms with Gasteiger partial charge in [-0.05, 0) is 0 Å². The van der Waals surface area contributed by atoms with Crippen molar-refractivity contribution in [2.75, 3.05) is 0 Å². The first-order valence-electron chi connectivity index (χ1n) is 2.56. The van der Waals surface area contributed by atoms with E-state index in [2.05, 4.69) is 16.4 Å². The van der Waals surface area contributed by atoms with Crippen LogP contribution in [-0.4, -0.2) is 11.9 Å². The molecule has 0 heterocycles. The zero-order valence-corrected chi connectivity index (χ0v) is 6.23. The number of nitrogens with two attached hydrogens (primary N) is 4. The second-order valence-electron chi connectivity index (χ2n) is 1.30. The molecule has 0 fully saturated rings. The molecule has 64 valence electrons. The Hall–Kier alpha value is -2.41. The summed E-state index contributed by atoms with van der Waals surface area (Å²) in [6, 6.07) is 1.91. The third-order valence-corrected chi connectivity index (χ3v) is 0.373. The van der Waals surface area contributed by atoms with E-state index in [-0.39, 0.29) is 11.9 Å². The molecule has 0 aromatic rings. The van der Waals surface area contributed by atoms with Gasteiger partial charge in [-0.1, -0.05) is 6.42 Å². The largest absolute Gasteiger partial charge is 0.369 e. The Labute approximate surface area is 69.7 Å². The van der Waals surface area contributed by atoms with Crippen molar-refractivity contribution in [1.29, 1.82) is 5.26 Å². The van der Waals surface area contributed by atoms with Crippen LogP contribution in [0.2, 0.25) is 0 Å². The van der Waals surface area contributed by atoms with Crippen LogP contribution in [0.15, 0.2) is 9.98 Å². The molecular formula is C5H9N7. The topological polar surface area (TPSA) is 153 Å². The molecule has 0 aliphatic heterocycles. The van der Waals surface area contributed by atoms with Gasteiger partial charge >= 0.3 is 0 Å². The van der Waals surface area contributed by atoms with E-state index in [1.54, 1.807) is 0 Å². The SMILES string of the molecule is C#CN=C(N)N.N#CN=C(N)N. The Bertz CT molecular complexity index is 214. The van der Waals surface area contributed by atoms with Crippen molar-refractivity contribution < 1.29 is 0 Å². The highest BCUT2D eigenvalue weighted by Gasteiger charge is 1.67. The highest BCUT2D eigenvalue weighted by atomic mass is 15.0. The molecule has 0 bridgehead atoms. The number of nitriles is 1. The summed E-state index contributed by atoms with van der Waals surface area (Å²) in [4.78, 5) is 6.03. The Kier molecular flexibility index (Phi) is 8.79. The van der Waals surface area contributed by atoms with Crippen LogP contribution in [0.4, 0.5) is 0 Å². The van der Waals surface area contributed by atoms with Crippen molar-refractivity contribution >= 4 is 11.9 Å². The van der Waals surface area contributed by atoms with Crippen molar-refractivity contribution in [2.24, 2.45) is 32.9 Å². The number of guanidine groups is 2. The van der Waals surface area contributed by atoms with Crippen molar-refractivity contribution in [3.63, 3.8) is 0 Å². The monoisotopic (exact) mass is 167 g/mol. The summed E-state index contributed by atoms with van der Waals surface area (Å²) < 4.78 is 0. The van der Waals surface area contributed by atoms with Crippen LogP contribution in [0.3, 0.4) is 0 Å². The van der Waals surface area contributed by atoms with Gasteiger partial charge in [0.1, 0.15) is 0 Å². The maximum absolute atomic E-state index is 7.64. The van der Waals surface area contributed by atoms with Crippen LogP contribution in [0.25, 0.3) is 0 Å². The summed E-state index contributed by atoms with van der Waals surface area (Å²) in [5, 5.41) is 7.64. The standard InChI is InChI=1S/C3H5N3.C2H4N4/c1-2-6-3(4)5;3-1-6-2(4)5/h1H,(H4,4,5,6);(H4,4,5,6). The average molecular weight is 167 g/mol. The Morgan fingerprint density at radius 1 is 1.08 bits per heavy atom. The molecule has 0 spiro atoms. The first kappa shape index (κ1) is 12.3. The Morgan fingerprint density at radius 2 is 1.50 bits per heavy atom. The lowest BCUT2D eigenvalue weighted by Crippen LogP contribution is -2.21. The van der Waals surface area contributed by atoms with Crippen molar-refractivity contribution in [3.8, 4) is 18.7 Å². The van der Waals surface area contributed by atoms with Crippen LogP contribution in [-0.2, 0) is 0 Å². The molecule has 12 heavy (non-hydrogen) atoms. The second kappa shape index (κ2) is 8.59. The lowest BCUT2D eigenvalue weighted by atomic mass is 11.0. The number of nitrogens with zero attached hydrogens (tertiary/aromatic N) is 3. The molecule has 8 N–H and O–H groups in total. The van der Waals surface area contributed by atoms with Crippen LogP contribution in [0.5, 0.6) is 0 Å². The molecule has 0 atom stereocenters. The highest BCUT2D eigenvalue weighted by molar-refractivity contribution is 5.76. The molecule has 0 aromatic carbocycles. The van der Waals surface area contributed by atoms with E-state index in [0.29, 0.717) is 0 Å². The molecule has 0 saturated heterocycles. The second-order valence-corrected chi connectivity index (χ2v) is 1.30. The average Bonchev–Trinajstić information content (AvgIpc) is 1.87. The Balaban J connectivity index is 0. The molecule has 0 saturated carbocycles. The first-order valence-corrected chi connectivity index (χ1v) is 2.56. The Morgan fingerprint density at radius 3 is 1.50 bits per heavy atom. The van der Waals surface area contributed by atoms with Gasteiger partial charge in [0, 0.05) is 6.04 Å². The number of aliphatic imine (C=N–C) groups is 2. The van der Waals surface area contributed by atoms with Gasteiger partial charge in [0.25, 0.3) is 0 Å². The summed E-state index contributed by atoms with van der Waals surface area (Å²) in [7, 11) is 0. The smallest absolute Gasteiger partial charge is 0.209 e. The third-order valence-electron chi connectivity index (χ3n) is 0.373. The van der Waals surface area contributed by atoms with Gasteiger partial charge in [0.15, 0.2) is 5.96 Å². The molecule has 0 aromatic heterocycles. The molecule has 0 aliphatic rings. The van der Waals surface area contributed by atoms with Gasteiger partial charge in [-0.25, -0.2) is 0 Å². The summed E-state index contributed by atoms with van der Waals surface area (Å²) >= 11 is 0. The van der Waals surface area contributed by atoms with Crippen molar-refractivity contribution in [2.45, 2.75) is 0 Å². The van der Waals surface area contributed by atoms with Crippen molar-refractivity contribution in [1.82, 2.24) is 0 Å². The maximum atomic E-state index is 7.64. The predicted octanol–water partition coefficient (Wildman–Crippen LogP) is -2.41. The molecule has 0 radical (unpaired) electrons. The first-order chi connectivity index (χ1) is 5.54.